The molecule has 1 aliphatic heterocycles. The molecule has 2 atom stereocenters. The molecular formula is C20H23NO4. The summed E-state index contributed by atoms with van der Waals surface area (Å²) in [5.74, 6) is 2.01. The van der Waals surface area contributed by atoms with Crippen molar-refractivity contribution in [3.05, 3.63) is 53.6 Å². The number of nitrogens with one attached hydrogen (secondary N) is 1. The van der Waals surface area contributed by atoms with Crippen LogP contribution in [0.15, 0.2) is 42.5 Å². The van der Waals surface area contributed by atoms with Gasteiger partial charge in [0.25, 0.3) is 0 Å². The van der Waals surface area contributed by atoms with Crippen LogP contribution in [0.3, 0.4) is 0 Å². The molecule has 5 heteroatoms. The number of hydrogen-bond acceptors (Lipinski definition) is 4. The van der Waals surface area contributed by atoms with Gasteiger partial charge in [0.15, 0.2) is 11.5 Å². The lowest BCUT2D eigenvalue weighted by Crippen LogP contribution is -2.38. The lowest BCUT2D eigenvalue weighted by molar-refractivity contribution is -0.126. The Morgan fingerprint density at radius 2 is 1.92 bits per heavy atom. The van der Waals surface area contributed by atoms with Gasteiger partial charge in [-0.3, -0.25) is 4.79 Å². The van der Waals surface area contributed by atoms with E-state index in [2.05, 4.69) is 5.32 Å². The summed E-state index contributed by atoms with van der Waals surface area (Å²) in [5.41, 5.74) is 2.04. The molecule has 3 rings (SSSR count). The van der Waals surface area contributed by atoms with Crippen molar-refractivity contribution >= 4 is 5.91 Å². The molecule has 1 amide bonds. The highest BCUT2D eigenvalue weighted by atomic mass is 16.5. The Kier molecular flexibility index (Phi) is 5.12. The van der Waals surface area contributed by atoms with Crippen LogP contribution in [0.4, 0.5) is 0 Å². The summed E-state index contributed by atoms with van der Waals surface area (Å²) >= 11 is 0. The van der Waals surface area contributed by atoms with Crippen molar-refractivity contribution in [2.45, 2.75) is 19.4 Å². The Morgan fingerprint density at radius 3 is 2.68 bits per heavy atom. The van der Waals surface area contributed by atoms with E-state index in [-0.39, 0.29) is 17.9 Å². The molecule has 0 aliphatic carbocycles. The van der Waals surface area contributed by atoms with Gasteiger partial charge in [-0.25, -0.2) is 0 Å². The lowest BCUT2D eigenvalue weighted by atomic mass is 9.95. The fourth-order valence-electron chi connectivity index (χ4n) is 3.03. The van der Waals surface area contributed by atoms with Crippen LogP contribution in [0, 0.1) is 5.92 Å². The third-order valence-corrected chi connectivity index (χ3v) is 4.52. The van der Waals surface area contributed by atoms with Crippen LogP contribution in [-0.4, -0.2) is 26.7 Å². The normalized spacial score (nSPS) is 17.0. The molecule has 1 aliphatic rings. The number of para-hydroxylation sites is 1. The first-order valence-electron chi connectivity index (χ1n) is 8.35. The number of hydrogen-bond donors (Lipinski definition) is 1. The van der Waals surface area contributed by atoms with E-state index in [1.807, 2.05) is 49.4 Å². The first-order valence-corrected chi connectivity index (χ1v) is 8.35. The number of methoxy groups -OCH3 is 2. The Morgan fingerprint density at radius 1 is 1.16 bits per heavy atom. The zero-order valence-corrected chi connectivity index (χ0v) is 14.7. The van der Waals surface area contributed by atoms with Crippen molar-refractivity contribution in [2.75, 3.05) is 20.8 Å². The Bertz CT molecular complexity index is 759. The molecule has 5 nitrogen and oxygen atoms in total. The molecule has 1 N–H and O–H groups in total. The van der Waals surface area contributed by atoms with Gasteiger partial charge in [0.05, 0.1) is 26.2 Å². The maximum absolute atomic E-state index is 12.6. The van der Waals surface area contributed by atoms with Crippen LogP contribution in [0.2, 0.25) is 0 Å². The third-order valence-electron chi connectivity index (χ3n) is 4.52. The van der Waals surface area contributed by atoms with Crippen LogP contribution < -0.4 is 19.5 Å². The van der Waals surface area contributed by atoms with Crippen LogP contribution >= 0.6 is 0 Å². The number of rotatable bonds is 5. The van der Waals surface area contributed by atoms with E-state index in [0.29, 0.717) is 24.5 Å². The van der Waals surface area contributed by atoms with Crippen LogP contribution in [-0.2, 0) is 11.2 Å². The monoisotopic (exact) mass is 341 g/mol. The minimum absolute atomic E-state index is 0.00297. The molecule has 2 aromatic carbocycles. The second-order valence-corrected chi connectivity index (χ2v) is 6.16. The van der Waals surface area contributed by atoms with Crippen molar-refractivity contribution in [3.8, 4) is 17.2 Å². The molecule has 132 valence electrons. The molecular weight excluding hydrogens is 318 g/mol. The summed E-state index contributed by atoms with van der Waals surface area (Å²) in [6.07, 6.45) is 0.695. The average molecular weight is 341 g/mol. The lowest BCUT2D eigenvalue weighted by Gasteiger charge is -2.26. The largest absolute Gasteiger partial charge is 0.493 e. The zero-order valence-electron chi connectivity index (χ0n) is 14.7. The maximum Gasteiger partial charge on any atom is 0.227 e. The van der Waals surface area contributed by atoms with E-state index in [0.717, 1.165) is 16.9 Å². The van der Waals surface area contributed by atoms with E-state index < -0.39 is 0 Å². The van der Waals surface area contributed by atoms with Gasteiger partial charge >= 0.3 is 0 Å². The molecule has 0 saturated carbocycles. The summed E-state index contributed by atoms with van der Waals surface area (Å²) in [7, 11) is 3.20. The molecule has 0 bridgehead atoms. The molecule has 0 aromatic heterocycles. The van der Waals surface area contributed by atoms with E-state index in [1.165, 1.54) is 0 Å². The summed E-state index contributed by atoms with van der Waals surface area (Å²) in [6.45, 7) is 2.36. The molecule has 2 aromatic rings. The van der Waals surface area contributed by atoms with Crippen LogP contribution in [0.25, 0.3) is 0 Å². The molecule has 0 fully saturated rings. The fraction of sp³-hybridized carbons (Fsp3) is 0.350. The summed E-state index contributed by atoms with van der Waals surface area (Å²) in [4.78, 5) is 12.6. The predicted octanol–water partition coefficient (Wildman–Crippen LogP) is 3.13. The molecule has 1 heterocycles. The minimum atomic E-state index is -0.183. The van der Waals surface area contributed by atoms with Crippen molar-refractivity contribution in [1.82, 2.24) is 5.32 Å². The average Bonchev–Trinajstić information content (AvgIpc) is 2.66. The SMILES string of the molecule is COc1ccc(C(C)NC(=O)C2COc3ccccc3C2)cc1OC. The number of ether oxygens (including phenoxy) is 3. The van der Waals surface area contributed by atoms with Crippen molar-refractivity contribution in [2.24, 2.45) is 5.92 Å². The summed E-state index contributed by atoms with van der Waals surface area (Å²) < 4.78 is 16.3. The molecule has 0 saturated heterocycles. The second kappa shape index (κ2) is 7.47. The van der Waals surface area contributed by atoms with E-state index in [9.17, 15) is 4.79 Å². The number of carbonyl (C=O) groups is 1. The van der Waals surface area contributed by atoms with Gasteiger partial charge in [0.1, 0.15) is 12.4 Å². The van der Waals surface area contributed by atoms with Gasteiger partial charge in [0, 0.05) is 0 Å². The van der Waals surface area contributed by atoms with Crippen molar-refractivity contribution < 1.29 is 19.0 Å². The first kappa shape index (κ1) is 17.1. The Balaban J connectivity index is 1.67. The highest BCUT2D eigenvalue weighted by Gasteiger charge is 2.27. The molecule has 25 heavy (non-hydrogen) atoms. The van der Waals surface area contributed by atoms with E-state index >= 15 is 0 Å². The first-order chi connectivity index (χ1) is 12.1. The zero-order chi connectivity index (χ0) is 17.8. The fourth-order valence-corrected chi connectivity index (χ4v) is 3.03. The van der Waals surface area contributed by atoms with Gasteiger partial charge in [-0.15, -0.1) is 0 Å². The van der Waals surface area contributed by atoms with Gasteiger partial charge in [0.2, 0.25) is 5.91 Å². The van der Waals surface area contributed by atoms with Gasteiger partial charge < -0.3 is 19.5 Å². The number of fused-ring (bicyclic) bond motifs is 1. The molecule has 0 radical (unpaired) electrons. The van der Waals surface area contributed by atoms with E-state index in [4.69, 9.17) is 14.2 Å². The summed E-state index contributed by atoms with van der Waals surface area (Å²) in [6, 6.07) is 13.4. The van der Waals surface area contributed by atoms with Gasteiger partial charge in [-0.1, -0.05) is 24.3 Å². The third kappa shape index (κ3) is 3.71. The Labute approximate surface area is 147 Å². The predicted molar refractivity (Wildman–Crippen MR) is 95.2 cm³/mol. The molecule has 0 spiro atoms. The van der Waals surface area contributed by atoms with Crippen molar-refractivity contribution in [3.63, 3.8) is 0 Å². The highest BCUT2D eigenvalue weighted by Crippen LogP contribution is 2.31. The van der Waals surface area contributed by atoms with Crippen LogP contribution in [0.1, 0.15) is 24.1 Å². The quantitative estimate of drug-likeness (QED) is 0.908. The summed E-state index contributed by atoms with van der Waals surface area (Å²) in [5, 5.41) is 3.07. The topological polar surface area (TPSA) is 56.8 Å². The van der Waals surface area contributed by atoms with Gasteiger partial charge in [-0.2, -0.15) is 0 Å². The number of amides is 1. The van der Waals surface area contributed by atoms with Gasteiger partial charge in [-0.05, 0) is 42.7 Å². The number of benzene rings is 2. The number of carbonyl (C=O) groups excluding carboxylic acids is 1. The Hall–Kier alpha value is -2.69. The van der Waals surface area contributed by atoms with E-state index in [1.54, 1.807) is 14.2 Å². The minimum Gasteiger partial charge on any atom is -0.493 e. The van der Waals surface area contributed by atoms with Crippen molar-refractivity contribution in [1.29, 1.82) is 0 Å². The smallest absolute Gasteiger partial charge is 0.227 e. The second-order valence-electron chi connectivity index (χ2n) is 6.16. The maximum atomic E-state index is 12.6. The highest BCUT2D eigenvalue weighted by molar-refractivity contribution is 5.80. The standard InChI is InChI=1S/C20H23NO4/c1-13(14-8-9-18(23-2)19(11-14)24-3)21-20(22)16-10-15-6-4-5-7-17(15)25-12-16/h4-9,11,13,16H,10,12H2,1-3H3,(H,21,22). The van der Waals surface area contributed by atoms with Crippen LogP contribution in [0.5, 0.6) is 17.2 Å². The molecule has 2 unspecified atom stereocenters.